The van der Waals surface area contributed by atoms with E-state index in [-0.39, 0.29) is 19.0 Å². The number of likely N-dealkylation sites (tertiary alicyclic amines) is 1. The molecule has 1 aromatic heterocycles. The summed E-state index contributed by atoms with van der Waals surface area (Å²) in [6.07, 6.45) is -3.89. The molecule has 1 aliphatic heterocycles. The van der Waals surface area contributed by atoms with Gasteiger partial charge in [-0.1, -0.05) is 6.07 Å². The minimum atomic E-state index is -4.55. The van der Waals surface area contributed by atoms with Gasteiger partial charge in [-0.15, -0.1) is 0 Å². The summed E-state index contributed by atoms with van der Waals surface area (Å²) in [6, 6.07) is 10.3. The normalized spacial score (nSPS) is 14.6. The molecule has 1 saturated heterocycles. The smallest absolute Gasteiger partial charge is 0.421 e. The van der Waals surface area contributed by atoms with E-state index in [2.05, 4.69) is 4.98 Å². The van der Waals surface area contributed by atoms with Crippen molar-refractivity contribution in [1.82, 2.24) is 9.88 Å². The lowest BCUT2D eigenvalue weighted by Gasteiger charge is -2.39. The van der Waals surface area contributed by atoms with Crippen molar-refractivity contribution in [1.29, 1.82) is 5.26 Å². The zero-order valence-corrected chi connectivity index (χ0v) is 12.8. The molecule has 0 aliphatic carbocycles. The highest BCUT2D eigenvalue weighted by Crippen LogP contribution is 2.35. The van der Waals surface area contributed by atoms with Crippen molar-refractivity contribution in [3.8, 4) is 11.9 Å². The van der Waals surface area contributed by atoms with E-state index >= 15 is 0 Å². The van der Waals surface area contributed by atoms with Crippen LogP contribution in [0.4, 0.5) is 13.2 Å². The summed E-state index contributed by atoms with van der Waals surface area (Å²) in [7, 11) is 0. The lowest BCUT2D eigenvalue weighted by molar-refractivity contribution is -0.140. The van der Waals surface area contributed by atoms with Gasteiger partial charge < -0.3 is 9.64 Å². The molecule has 128 valence electrons. The molecule has 2 aromatic rings. The zero-order valence-electron chi connectivity index (χ0n) is 12.8. The summed E-state index contributed by atoms with van der Waals surface area (Å²) in [4.78, 5) is 17.4. The van der Waals surface area contributed by atoms with E-state index < -0.39 is 23.7 Å². The number of hydrogen-bond donors (Lipinski definition) is 0. The molecule has 0 radical (unpaired) electrons. The highest BCUT2D eigenvalue weighted by Gasteiger charge is 2.38. The van der Waals surface area contributed by atoms with E-state index in [1.54, 1.807) is 18.2 Å². The minimum Gasteiger partial charge on any atom is -0.470 e. The van der Waals surface area contributed by atoms with Gasteiger partial charge in [-0.25, -0.2) is 4.98 Å². The highest BCUT2D eigenvalue weighted by atomic mass is 19.4. The second kappa shape index (κ2) is 6.43. The molecule has 25 heavy (non-hydrogen) atoms. The van der Waals surface area contributed by atoms with Crippen molar-refractivity contribution in [3.05, 3.63) is 59.3 Å². The van der Waals surface area contributed by atoms with Gasteiger partial charge in [0.2, 0.25) is 5.88 Å². The van der Waals surface area contributed by atoms with E-state index in [9.17, 15) is 18.0 Å². The predicted octanol–water partition coefficient (Wildman–Crippen LogP) is 2.88. The Morgan fingerprint density at radius 2 is 2.04 bits per heavy atom. The number of ether oxygens (including phenoxy) is 1. The Morgan fingerprint density at radius 1 is 1.28 bits per heavy atom. The molecule has 2 heterocycles. The summed E-state index contributed by atoms with van der Waals surface area (Å²) in [6.45, 7) is 0.312. The zero-order chi connectivity index (χ0) is 18.0. The number of nitriles is 1. The lowest BCUT2D eigenvalue weighted by atomic mass is 10.1. The standard InChI is InChI=1S/C17H12F3N3O2/c18-17(19,20)14-5-2-6-22-15(14)25-13-9-23(10-13)16(24)12-4-1-3-11(7-12)8-21/h1-7,13H,9-10H2. The molecule has 1 amide bonds. The van der Waals surface area contributed by atoms with Crippen molar-refractivity contribution in [3.63, 3.8) is 0 Å². The van der Waals surface area contributed by atoms with E-state index in [4.69, 9.17) is 10.00 Å². The second-order valence-electron chi connectivity index (χ2n) is 5.50. The van der Waals surface area contributed by atoms with Crippen LogP contribution in [0, 0.1) is 11.3 Å². The Labute approximate surface area is 141 Å². The number of aromatic nitrogens is 1. The maximum atomic E-state index is 12.9. The van der Waals surface area contributed by atoms with Gasteiger partial charge >= 0.3 is 6.18 Å². The topological polar surface area (TPSA) is 66.2 Å². The molecule has 8 heteroatoms. The van der Waals surface area contributed by atoms with Crippen LogP contribution in [-0.4, -0.2) is 35.0 Å². The van der Waals surface area contributed by atoms with E-state index in [0.717, 1.165) is 6.07 Å². The van der Waals surface area contributed by atoms with Crippen molar-refractivity contribution >= 4 is 5.91 Å². The number of carbonyl (C=O) groups is 1. The molecule has 0 bridgehead atoms. The molecule has 0 unspecified atom stereocenters. The Bertz CT molecular complexity index is 840. The van der Waals surface area contributed by atoms with Crippen molar-refractivity contribution in [2.75, 3.05) is 13.1 Å². The number of rotatable bonds is 3. The summed E-state index contributed by atoms with van der Waals surface area (Å²) in [5.41, 5.74) is -0.227. The Morgan fingerprint density at radius 3 is 2.72 bits per heavy atom. The first-order chi connectivity index (χ1) is 11.9. The fraction of sp³-hybridized carbons (Fsp3) is 0.235. The Balaban J connectivity index is 1.64. The van der Waals surface area contributed by atoms with Gasteiger partial charge in [0.1, 0.15) is 11.7 Å². The first-order valence-corrected chi connectivity index (χ1v) is 7.37. The van der Waals surface area contributed by atoms with Gasteiger partial charge in [-0.2, -0.15) is 18.4 Å². The Hall–Kier alpha value is -3.08. The van der Waals surface area contributed by atoms with Crippen molar-refractivity contribution in [2.45, 2.75) is 12.3 Å². The third kappa shape index (κ3) is 3.55. The number of pyridine rings is 1. The first-order valence-electron chi connectivity index (χ1n) is 7.37. The minimum absolute atomic E-state index is 0.156. The van der Waals surface area contributed by atoms with Crippen LogP contribution < -0.4 is 4.74 Å². The molecule has 0 atom stereocenters. The van der Waals surface area contributed by atoms with Gasteiger partial charge in [0.15, 0.2) is 0 Å². The van der Waals surface area contributed by atoms with Crippen molar-refractivity contribution in [2.24, 2.45) is 0 Å². The maximum absolute atomic E-state index is 12.9. The SMILES string of the molecule is N#Cc1cccc(C(=O)N2CC(Oc3ncccc3C(F)(F)F)C2)c1. The van der Waals surface area contributed by atoms with Crippen LogP contribution in [0.25, 0.3) is 0 Å². The fourth-order valence-corrected chi connectivity index (χ4v) is 2.44. The Kier molecular flexibility index (Phi) is 4.31. The molecule has 1 aromatic carbocycles. The van der Waals surface area contributed by atoms with Crippen LogP contribution in [0.5, 0.6) is 5.88 Å². The lowest BCUT2D eigenvalue weighted by Crippen LogP contribution is -2.56. The molecule has 1 fully saturated rings. The van der Waals surface area contributed by atoms with E-state index in [1.807, 2.05) is 6.07 Å². The van der Waals surface area contributed by atoms with E-state index in [0.29, 0.717) is 11.1 Å². The number of benzene rings is 1. The maximum Gasteiger partial charge on any atom is 0.421 e. The van der Waals surface area contributed by atoms with Crippen LogP contribution in [0.1, 0.15) is 21.5 Å². The number of nitrogens with zero attached hydrogens (tertiary/aromatic N) is 3. The number of carbonyl (C=O) groups excluding carboxylic acids is 1. The third-order valence-corrected chi connectivity index (χ3v) is 3.73. The van der Waals surface area contributed by atoms with Gasteiger partial charge in [0.05, 0.1) is 24.7 Å². The van der Waals surface area contributed by atoms with Crippen molar-refractivity contribution < 1.29 is 22.7 Å². The predicted molar refractivity (Wildman–Crippen MR) is 80.7 cm³/mol. The summed E-state index contributed by atoms with van der Waals surface area (Å²) in [5, 5.41) is 8.86. The molecule has 0 saturated carbocycles. The van der Waals surface area contributed by atoms with Gasteiger partial charge in [0.25, 0.3) is 5.91 Å². The molecular formula is C17H12F3N3O2. The number of hydrogen-bond acceptors (Lipinski definition) is 4. The molecule has 5 nitrogen and oxygen atoms in total. The fourth-order valence-electron chi connectivity index (χ4n) is 2.44. The molecular weight excluding hydrogens is 335 g/mol. The molecule has 3 rings (SSSR count). The summed E-state index contributed by atoms with van der Waals surface area (Å²) >= 11 is 0. The average Bonchev–Trinajstić information content (AvgIpc) is 2.56. The van der Waals surface area contributed by atoms with Crippen LogP contribution in [0.2, 0.25) is 0 Å². The van der Waals surface area contributed by atoms with Crippen LogP contribution in [0.3, 0.4) is 0 Å². The molecule has 1 aliphatic rings. The molecule has 0 N–H and O–H groups in total. The second-order valence-corrected chi connectivity index (χ2v) is 5.50. The average molecular weight is 347 g/mol. The van der Waals surface area contributed by atoms with Gasteiger partial charge in [-0.05, 0) is 30.3 Å². The summed E-state index contributed by atoms with van der Waals surface area (Å²) in [5.74, 6) is -0.785. The quantitative estimate of drug-likeness (QED) is 0.856. The molecule has 0 spiro atoms. The van der Waals surface area contributed by atoms with Crippen LogP contribution in [0.15, 0.2) is 42.6 Å². The summed E-state index contributed by atoms with van der Waals surface area (Å²) < 4.78 is 44.0. The van der Waals surface area contributed by atoms with Crippen LogP contribution >= 0.6 is 0 Å². The number of alkyl halides is 3. The highest BCUT2D eigenvalue weighted by molar-refractivity contribution is 5.95. The van der Waals surface area contributed by atoms with Gasteiger partial charge in [-0.3, -0.25) is 4.79 Å². The van der Waals surface area contributed by atoms with Gasteiger partial charge in [0, 0.05) is 11.8 Å². The van der Waals surface area contributed by atoms with Crippen LogP contribution in [-0.2, 0) is 6.18 Å². The number of halogens is 3. The number of amides is 1. The third-order valence-electron chi connectivity index (χ3n) is 3.73. The largest absolute Gasteiger partial charge is 0.470 e. The monoisotopic (exact) mass is 347 g/mol. The van der Waals surface area contributed by atoms with E-state index in [1.165, 1.54) is 23.2 Å². The first kappa shape index (κ1) is 16.8.